The normalized spacial score (nSPS) is 11.2. The predicted molar refractivity (Wildman–Crippen MR) is 108 cm³/mol. The van der Waals surface area contributed by atoms with Crippen molar-refractivity contribution in [3.8, 4) is 29.4 Å². The van der Waals surface area contributed by atoms with Crippen LogP contribution in [-0.2, 0) is 0 Å². The van der Waals surface area contributed by atoms with Crippen LogP contribution in [0.3, 0.4) is 0 Å². The first-order valence-corrected chi connectivity index (χ1v) is 10.4. The van der Waals surface area contributed by atoms with E-state index in [1.807, 2.05) is 0 Å². The van der Waals surface area contributed by atoms with E-state index in [0.717, 1.165) is 0 Å². The van der Waals surface area contributed by atoms with Gasteiger partial charge in [-0.3, -0.25) is 0 Å². The van der Waals surface area contributed by atoms with E-state index in [4.69, 9.17) is 5.11 Å². The van der Waals surface area contributed by atoms with Gasteiger partial charge in [0.2, 0.25) is 60.1 Å². The van der Waals surface area contributed by atoms with Gasteiger partial charge < -0.3 is 28.8 Å². The molecule has 0 atom stereocenters. The van der Waals surface area contributed by atoms with Gasteiger partial charge in [-0.05, 0) is 0 Å². The molecule has 0 aromatic carbocycles. The highest BCUT2D eigenvalue weighted by Crippen LogP contribution is 2.25. The van der Waals surface area contributed by atoms with Gasteiger partial charge in [0.05, 0.1) is 0 Å². The molecule has 0 amide bonds. The zero-order chi connectivity index (χ0) is 32.6. The lowest BCUT2D eigenvalue weighted by Crippen LogP contribution is -2.13. The average Bonchev–Trinajstić information content (AvgIpc) is 3.34. The quantitative estimate of drug-likeness (QED) is 0.238. The zero-order valence-electron chi connectivity index (χ0n) is 20.3. The van der Waals surface area contributed by atoms with Crippen LogP contribution in [-0.4, -0.2) is 66.3 Å². The van der Waals surface area contributed by atoms with Crippen molar-refractivity contribution in [2.45, 2.75) is 0 Å². The molecule has 236 valence electrons. The highest BCUT2D eigenvalue weighted by atomic mass is 19.2. The third-order valence-electron chi connectivity index (χ3n) is 4.15. The maximum absolute atomic E-state index is 13.1. The smallest absolute Gasteiger partial charge is 0.276 e. The van der Waals surface area contributed by atoms with Crippen molar-refractivity contribution in [2.75, 3.05) is 20.4 Å². The second kappa shape index (κ2) is 14.6. The Kier molecular flexibility index (Phi) is 11.0. The summed E-state index contributed by atoms with van der Waals surface area (Å²) in [5, 5.41) is 30.7. The number of aliphatic hydroxyl groups is 1. The third kappa shape index (κ3) is 7.66. The van der Waals surface area contributed by atoms with Gasteiger partial charge in [-0.1, -0.05) is 0 Å². The largest absolute Gasteiger partial charge is 0.447 e. The molecule has 0 saturated heterocycles. The van der Waals surface area contributed by atoms with Gasteiger partial charge in [0.1, 0.15) is 0 Å². The lowest BCUT2D eigenvalue weighted by atomic mass is 10.5. The standard InChI is InChI=1S/C9H2F6N4O2.C5H3F3N2O2.C5H2F2N2O2/c10-2-4(12)8(18-16-6(2)14)20-1-21-9-5(13)3(11)7(15)17-19-9;6-2-3(7)5(12-1-11)10-9-4(2)8;6-2-3(7)5-9-8-4(2)10-1-11-5/h1H2;11H,1H2;1H2. The third-order valence-corrected chi connectivity index (χ3v) is 4.15. The fraction of sp³-hybridized carbons (Fsp3) is 0.158. The topological polar surface area (TPSA) is 170 Å². The summed E-state index contributed by atoms with van der Waals surface area (Å²) in [4.78, 5) is 0. The first kappa shape index (κ1) is 33.0. The average molecular weight is 652 g/mol. The number of fused-ring (bicyclic) bond motifs is 4. The number of nitrogens with zero attached hydrogens (tertiary/aromatic N) is 8. The van der Waals surface area contributed by atoms with Crippen LogP contribution in [0.15, 0.2) is 0 Å². The second-order valence-electron chi connectivity index (χ2n) is 6.80. The molecule has 6 heterocycles. The molecule has 0 spiro atoms. The summed E-state index contributed by atoms with van der Waals surface area (Å²) in [6.07, 6.45) is 0. The van der Waals surface area contributed by atoms with Gasteiger partial charge in [-0.15, -0.1) is 40.8 Å². The Bertz CT molecular complexity index is 1560. The first-order valence-electron chi connectivity index (χ1n) is 10.4. The molecule has 2 bridgehead atoms. The van der Waals surface area contributed by atoms with Crippen LogP contribution in [0.25, 0.3) is 0 Å². The van der Waals surface area contributed by atoms with Crippen LogP contribution < -0.4 is 23.7 Å². The molecule has 1 N–H and O–H groups in total. The Hall–Kier alpha value is -5.49. The van der Waals surface area contributed by atoms with E-state index >= 15 is 0 Å². The molecular weight excluding hydrogens is 645 g/mol. The van der Waals surface area contributed by atoms with E-state index in [0.29, 0.717) is 0 Å². The Morgan fingerprint density at radius 3 is 1.14 bits per heavy atom. The Morgan fingerprint density at radius 2 is 0.795 bits per heavy atom. The molecule has 0 saturated carbocycles. The van der Waals surface area contributed by atoms with Crippen molar-refractivity contribution < 1.29 is 77.1 Å². The van der Waals surface area contributed by atoms with Gasteiger partial charge in [0.15, 0.2) is 6.79 Å². The molecule has 4 aromatic heterocycles. The zero-order valence-corrected chi connectivity index (χ0v) is 20.3. The van der Waals surface area contributed by atoms with E-state index in [9.17, 15) is 48.3 Å². The molecule has 25 heteroatoms. The van der Waals surface area contributed by atoms with Crippen molar-refractivity contribution in [2.24, 2.45) is 0 Å². The lowest BCUT2D eigenvalue weighted by molar-refractivity contribution is 0.0866. The van der Waals surface area contributed by atoms with Gasteiger partial charge in [0, 0.05) is 0 Å². The molecule has 6 rings (SSSR count). The number of aromatic nitrogens is 8. The fourth-order valence-electron chi connectivity index (χ4n) is 2.26. The highest BCUT2D eigenvalue weighted by molar-refractivity contribution is 5.22. The molecule has 2 aliphatic rings. The van der Waals surface area contributed by atoms with Gasteiger partial charge in [-0.25, -0.2) is 0 Å². The van der Waals surface area contributed by atoms with Crippen LogP contribution in [0.5, 0.6) is 29.4 Å². The lowest BCUT2D eigenvalue weighted by Gasteiger charge is -2.07. The first-order chi connectivity index (χ1) is 20.9. The Labute approximate surface area is 233 Å². The van der Waals surface area contributed by atoms with E-state index in [1.165, 1.54) is 0 Å². The van der Waals surface area contributed by atoms with Gasteiger partial charge in [-0.2, -0.15) is 48.3 Å². The minimum Gasteiger partial charge on any atom is -0.447 e. The van der Waals surface area contributed by atoms with E-state index < -0.39 is 107 Å². The molecule has 2 aliphatic heterocycles. The number of hydrogen-bond acceptors (Lipinski definition) is 14. The summed E-state index contributed by atoms with van der Waals surface area (Å²) in [7, 11) is 0. The summed E-state index contributed by atoms with van der Waals surface area (Å²) in [6, 6.07) is 0. The highest BCUT2D eigenvalue weighted by Gasteiger charge is 2.23. The van der Waals surface area contributed by atoms with Crippen LogP contribution in [0.1, 0.15) is 0 Å². The van der Waals surface area contributed by atoms with Crippen molar-refractivity contribution in [1.82, 2.24) is 40.8 Å². The maximum atomic E-state index is 13.1. The molecule has 0 fully saturated rings. The minimum absolute atomic E-state index is 0.265. The summed E-state index contributed by atoms with van der Waals surface area (Å²) in [5.41, 5.74) is 0. The van der Waals surface area contributed by atoms with E-state index in [2.05, 4.69) is 64.5 Å². The SMILES string of the molecule is Fc1c2nnc(c1F)OCO2.Fc1nnc(OCOc2nnc(F)c(F)c2F)c(F)c1F.OCOc1nnc(F)c(F)c1F. The summed E-state index contributed by atoms with van der Waals surface area (Å²) in [5.74, 6) is -22.5. The molecule has 44 heavy (non-hydrogen) atoms. The number of halogens is 11. The monoisotopic (exact) mass is 652 g/mol. The van der Waals surface area contributed by atoms with Crippen molar-refractivity contribution in [1.29, 1.82) is 0 Å². The van der Waals surface area contributed by atoms with Crippen LogP contribution in [0.4, 0.5) is 48.3 Å². The molecule has 14 nitrogen and oxygen atoms in total. The number of aliphatic hydroxyl groups excluding tert-OH is 1. The van der Waals surface area contributed by atoms with Gasteiger partial charge >= 0.3 is 0 Å². The summed E-state index contributed by atoms with van der Waals surface area (Å²) >= 11 is 0. The van der Waals surface area contributed by atoms with Crippen molar-refractivity contribution in [3.63, 3.8) is 0 Å². The molecule has 0 aliphatic carbocycles. The van der Waals surface area contributed by atoms with Crippen LogP contribution in [0.2, 0.25) is 0 Å². The Balaban J connectivity index is 0.000000195. The van der Waals surface area contributed by atoms with Crippen molar-refractivity contribution >= 4 is 0 Å². The van der Waals surface area contributed by atoms with E-state index in [1.54, 1.807) is 0 Å². The van der Waals surface area contributed by atoms with Gasteiger partial charge in [0.25, 0.3) is 47.2 Å². The maximum Gasteiger partial charge on any atom is 0.276 e. The minimum atomic E-state index is -1.95. The predicted octanol–water partition coefficient (Wildman–Crippen LogP) is 2.22. The van der Waals surface area contributed by atoms with Crippen LogP contribution >= 0.6 is 0 Å². The summed E-state index contributed by atoms with van der Waals surface area (Å²) < 4.78 is 161. The molecule has 0 unspecified atom stereocenters. The van der Waals surface area contributed by atoms with Crippen molar-refractivity contribution in [3.05, 3.63) is 64.4 Å². The number of ether oxygens (including phenoxy) is 5. The van der Waals surface area contributed by atoms with Crippen LogP contribution in [0, 0.1) is 64.4 Å². The van der Waals surface area contributed by atoms with E-state index in [-0.39, 0.29) is 6.79 Å². The Morgan fingerprint density at radius 1 is 0.455 bits per heavy atom. The molecule has 0 radical (unpaired) electrons. The number of hydrogen-bond donors (Lipinski definition) is 1. The number of rotatable bonds is 6. The second-order valence-corrected chi connectivity index (χ2v) is 6.80. The molecular formula is C19H7F11N8O6. The fourth-order valence-corrected chi connectivity index (χ4v) is 2.26. The summed E-state index contributed by atoms with van der Waals surface area (Å²) in [6.45, 7) is -2.19. The molecule has 4 aromatic rings.